The Labute approximate surface area is 93.4 Å². The molecule has 6 heteroatoms. The van der Waals surface area contributed by atoms with E-state index in [1.54, 1.807) is 0 Å². The highest BCUT2D eigenvalue weighted by atomic mass is 16.2. The van der Waals surface area contributed by atoms with Gasteiger partial charge in [-0.15, -0.1) is 0 Å². The molecule has 0 unspecified atom stereocenters. The minimum absolute atomic E-state index is 0.00885. The summed E-state index contributed by atoms with van der Waals surface area (Å²) < 4.78 is 0. The molecule has 0 aromatic heterocycles. The smallest absolute Gasteiger partial charge is 0.324 e. The summed E-state index contributed by atoms with van der Waals surface area (Å²) in [6.45, 7) is 0.399. The maximum absolute atomic E-state index is 11.3. The van der Waals surface area contributed by atoms with Crippen LogP contribution in [0.25, 0.3) is 0 Å². The Hall–Kier alpha value is -1.59. The SMILES string of the molecule is O=C(CCCN1C(=O)CNC1=O)NC1CC1. The molecule has 1 saturated heterocycles. The Morgan fingerprint density at radius 3 is 2.75 bits per heavy atom. The van der Waals surface area contributed by atoms with Crippen molar-refractivity contribution in [3.63, 3.8) is 0 Å². The molecule has 1 heterocycles. The minimum atomic E-state index is -0.354. The molecule has 0 spiro atoms. The maximum atomic E-state index is 11.3. The number of carbonyl (C=O) groups is 3. The molecular weight excluding hydrogens is 210 g/mol. The van der Waals surface area contributed by atoms with Crippen LogP contribution in [0.1, 0.15) is 25.7 Å². The van der Waals surface area contributed by atoms with Crippen LogP contribution in [0.4, 0.5) is 4.79 Å². The van der Waals surface area contributed by atoms with Gasteiger partial charge in [-0.1, -0.05) is 0 Å². The van der Waals surface area contributed by atoms with Gasteiger partial charge in [0.2, 0.25) is 11.8 Å². The Kier molecular flexibility index (Phi) is 3.07. The number of carbonyl (C=O) groups excluding carboxylic acids is 3. The quantitative estimate of drug-likeness (QED) is 0.625. The van der Waals surface area contributed by atoms with E-state index >= 15 is 0 Å². The Bertz CT molecular complexity index is 309. The fourth-order valence-electron chi connectivity index (χ4n) is 1.61. The molecule has 1 saturated carbocycles. The average molecular weight is 225 g/mol. The third kappa shape index (κ3) is 2.71. The molecule has 2 rings (SSSR count). The lowest BCUT2D eigenvalue weighted by atomic mass is 10.3. The van der Waals surface area contributed by atoms with E-state index < -0.39 is 0 Å². The van der Waals surface area contributed by atoms with Gasteiger partial charge in [0.15, 0.2) is 0 Å². The first-order valence-corrected chi connectivity index (χ1v) is 5.54. The van der Waals surface area contributed by atoms with Crippen LogP contribution in [-0.4, -0.2) is 41.9 Å². The second-order valence-corrected chi connectivity index (χ2v) is 4.15. The van der Waals surface area contributed by atoms with Crippen molar-refractivity contribution in [2.24, 2.45) is 0 Å². The zero-order valence-corrected chi connectivity index (χ0v) is 8.99. The van der Waals surface area contributed by atoms with E-state index in [-0.39, 0.29) is 24.4 Å². The first-order valence-electron chi connectivity index (χ1n) is 5.54. The van der Waals surface area contributed by atoms with Crippen LogP contribution in [0.15, 0.2) is 0 Å². The molecule has 2 fully saturated rings. The van der Waals surface area contributed by atoms with Crippen molar-refractivity contribution in [3.05, 3.63) is 0 Å². The molecule has 4 amide bonds. The molecule has 2 aliphatic rings. The van der Waals surface area contributed by atoms with Crippen molar-refractivity contribution in [2.75, 3.05) is 13.1 Å². The topological polar surface area (TPSA) is 78.5 Å². The highest BCUT2D eigenvalue weighted by Gasteiger charge is 2.28. The van der Waals surface area contributed by atoms with Gasteiger partial charge in [-0.25, -0.2) is 4.79 Å². The van der Waals surface area contributed by atoms with Gasteiger partial charge in [0.1, 0.15) is 0 Å². The van der Waals surface area contributed by atoms with Crippen LogP contribution in [0.3, 0.4) is 0 Å². The molecule has 1 aliphatic carbocycles. The molecule has 2 N–H and O–H groups in total. The van der Waals surface area contributed by atoms with Crippen molar-refractivity contribution in [2.45, 2.75) is 31.7 Å². The van der Waals surface area contributed by atoms with Crippen LogP contribution in [0, 0.1) is 0 Å². The summed E-state index contributed by atoms with van der Waals surface area (Å²) in [5.74, 6) is -0.206. The monoisotopic (exact) mass is 225 g/mol. The third-order valence-electron chi connectivity index (χ3n) is 2.67. The van der Waals surface area contributed by atoms with Crippen LogP contribution < -0.4 is 10.6 Å². The molecule has 0 aromatic carbocycles. The zero-order chi connectivity index (χ0) is 11.5. The molecule has 16 heavy (non-hydrogen) atoms. The molecule has 6 nitrogen and oxygen atoms in total. The van der Waals surface area contributed by atoms with E-state index in [1.165, 1.54) is 0 Å². The Balaban J connectivity index is 1.64. The predicted molar refractivity (Wildman–Crippen MR) is 55.5 cm³/mol. The highest BCUT2D eigenvalue weighted by Crippen LogP contribution is 2.18. The Morgan fingerprint density at radius 2 is 2.19 bits per heavy atom. The van der Waals surface area contributed by atoms with E-state index in [1.807, 2.05) is 0 Å². The largest absolute Gasteiger partial charge is 0.353 e. The van der Waals surface area contributed by atoms with Gasteiger partial charge in [0.05, 0.1) is 6.54 Å². The molecule has 88 valence electrons. The lowest BCUT2D eigenvalue weighted by Gasteiger charge is -2.11. The van der Waals surface area contributed by atoms with Crippen molar-refractivity contribution in [3.8, 4) is 0 Å². The number of urea groups is 1. The van der Waals surface area contributed by atoms with E-state index in [0.29, 0.717) is 25.4 Å². The summed E-state index contributed by atoms with van der Waals surface area (Å²) in [4.78, 5) is 34.8. The maximum Gasteiger partial charge on any atom is 0.324 e. The number of nitrogens with zero attached hydrogens (tertiary/aromatic N) is 1. The van der Waals surface area contributed by atoms with Gasteiger partial charge in [-0.2, -0.15) is 0 Å². The zero-order valence-electron chi connectivity index (χ0n) is 8.99. The summed E-state index contributed by atoms with van der Waals surface area (Å²) in [6, 6.07) is 0.0109. The van der Waals surface area contributed by atoms with Gasteiger partial charge in [0.25, 0.3) is 0 Å². The lowest BCUT2D eigenvalue weighted by molar-refractivity contribution is -0.126. The lowest BCUT2D eigenvalue weighted by Crippen LogP contribution is -2.33. The van der Waals surface area contributed by atoms with Gasteiger partial charge in [-0.3, -0.25) is 14.5 Å². The van der Waals surface area contributed by atoms with Crippen LogP contribution >= 0.6 is 0 Å². The summed E-state index contributed by atoms with van der Waals surface area (Å²) in [5, 5.41) is 5.30. The minimum Gasteiger partial charge on any atom is -0.353 e. The average Bonchev–Trinajstić information content (AvgIpc) is 2.99. The number of rotatable bonds is 5. The summed E-state index contributed by atoms with van der Waals surface area (Å²) in [7, 11) is 0. The number of nitrogens with one attached hydrogen (secondary N) is 2. The standard InChI is InChI=1S/C10H15N3O3/c14-8(12-7-3-4-7)2-1-5-13-9(15)6-11-10(13)16/h7H,1-6H2,(H,11,16)(H,12,14). The van der Waals surface area contributed by atoms with Gasteiger partial charge in [-0.05, 0) is 19.3 Å². The molecule has 0 bridgehead atoms. The highest BCUT2D eigenvalue weighted by molar-refractivity contribution is 6.01. The number of hydrogen-bond acceptors (Lipinski definition) is 3. The van der Waals surface area contributed by atoms with Gasteiger partial charge in [0, 0.05) is 19.0 Å². The van der Waals surface area contributed by atoms with Crippen LogP contribution in [-0.2, 0) is 9.59 Å². The summed E-state index contributed by atoms with van der Waals surface area (Å²) in [6.07, 6.45) is 3.03. The van der Waals surface area contributed by atoms with Crippen molar-refractivity contribution >= 4 is 17.8 Å². The van der Waals surface area contributed by atoms with E-state index in [0.717, 1.165) is 17.7 Å². The fraction of sp³-hybridized carbons (Fsp3) is 0.700. The molecular formula is C10H15N3O3. The molecule has 0 radical (unpaired) electrons. The van der Waals surface area contributed by atoms with E-state index in [4.69, 9.17) is 0 Å². The molecule has 0 aromatic rings. The number of hydrogen-bond donors (Lipinski definition) is 2. The van der Waals surface area contributed by atoms with E-state index in [2.05, 4.69) is 10.6 Å². The van der Waals surface area contributed by atoms with Crippen LogP contribution in [0.5, 0.6) is 0 Å². The molecule has 1 aliphatic heterocycles. The van der Waals surface area contributed by atoms with Crippen molar-refractivity contribution in [1.82, 2.24) is 15.5 Å². The second kappa shape index (κ2) is 4.51. The predicted octanol–water partition coefficient (Wildman–Crippen LogP) is -0.403. The van der Waals surface area contributed by atoms with Gasteiger partial charge >= 0.3 is 6.03 Å². The number of amides is 4. The summed E-state index contributed by atoms with van der Waals surface area (Å²) >= 11 is 0. The van der Waals surface area contributed by atoms with E-state index in [9.17, 15) is 14.4 Å². The summed E-state index contributed by atoms with van der Waals surface area (Å²) in [5.41, 5.74) is 0. The van der Waals surface area contributed by atoms with Crippen molar-refractivity contribution < 1.29 is 14.4 Å². The second-order valence-electron chi connectivity index (χ2n) is 4.15. The normalized spacial score (nSPS) is 19.9. The first kappa shape index (κ1) is 10.9. The third-order valence-corrected chi connectivity index (χ3v) is 2.67. The van der Waals surface area contributed by atoms with Crippen molar-refractivity contribution in [1.29, 1.82) is 0 Å². The Morgan fingerprint density at radius 1 is 1.44 bits per heavy atom. The van der Waals surface area contributed by atoms with Crippen LogP contribution in [0.2, 0.25) is 0 Å². The fourth-order valence-corrected chi connectivity index (χ4v) is 1.61. The van der Waals surface area contributed by atoms with Gasteiger partial charge < -0.3 is 10.6 Å². The number of imide groups is 1. The first-order chi connectivity index (χ1) is 7.66. The molecule has 0 atom stereocenters.